The van der Waals surface area contributed by atoms with Gasteiger partial charge in [0.1, 0.15) is 0 Å². The van der Waals surface area contributed by atoms with Crippen LogP contribution in [0.2, 0.25) is 0 Å². The Bertz CT molecular complexity index is 1140. The zero-order valence-electron chi connectivity index (χ0n) is 18.6. The summed E-state index contributed by atoms with van der Waals surface area (Å²) in [7, 11) is 1.92. The van der Waals surface area contributed by atoms with Crippen molar-refractivity contribution in [2.75, 3.05) is 13.2 Å². The molecule has 0 radical (unpaired) electrons. The molecule has 2 aliphatic rings. The average molecular weight is 432 g/mol. The van der Waals surface area contributed by atoms with Crippen molar-refractivity contribution in [1.29, 1.82) is 0 Å². The summed E-state index contributed by atoms with van der Waals surface area (Å²) in [6, 6.07) is 14.5. The van der Waals surface area contributed by atoms with E-state index in [1.165, 1.54) is 16.7 Å². The van der Waals surface area contributed by atoms with Crippen LogP contribution in [-0.4, -0.2) is 51.1 Å². The van der Waals surface area contributed by atoms with Gasteiger partial charge in [0.15, 0.2) is 0 Å². The first kappa shape index (κ1) is 20.9. The Morgan fingerprint density at radius 1 is 1.16 bits per heavy atom. The molecule has 2 aromatic carbocycles. The molecule has 0 saturated carbocycles. The third kappa shape index (κ3) is 3.85. The van der Waals surface area contributed by atoms with Gasteiger partial charge in [-0.2, -0.15) is 5.10 Å². The molecule has 0 unspecified atom stereocenters. The number of aliphatic hydroxyl groups excluding tert-OH is 1. The van der Waals surface area contributed by atoms with E-state index in [-0.39, 0.29) is 11.9 Å². The van der Waals surface area contributed by atoms with E-state index < -0.39 is 6.10 Å². The van der Waals surface area contributed by atoms with Crippen molar-refractivity contribution in [3.63, 3.8) is 0 Å². The maximum atomic E-state index is 13.2. The molecule has 3 heterocycles. The second-order valence-electron chi connectivity index (χ2n) is 8.81. The average Bonchev–Trinajstić information content (AvgIpc) is 3.37. The number of hydrogen-bond acceptors (Lipinski definition) is 4. The first-order valence-corrected chi connectivity index (χ1v) is 11.3. The molecular weight excluding hydrogens is 402 g/mol. The van der Waals surface area contributed by atoms with E-state index in [1.54, 1.807) is 9.58 Å². The maximum absolute atomic E-state index is 13.2. The number of carbonyl (C=O) groups is 1. The first-order chi connectivity index (χ1) is 15.5. The summed E-state index contributed by atoms with van der Waals surface area (Å²) in [5.74, 6) is 0.00366. The van der Waals surface area contributed by atoms with Crippen LogP contribution in [0.15, 0.2) is 48.7 Å². The van der Waals surface area contributed by atoms with Gasteiger partial charge >= 0.3 is 0 Å². The van der Waals surface area contributed by atoms with E-state index in [2.05, 4.69) is 48.4 Å². The quantitative estimate of drug-likeness (QED) is 0.673. The fourth-order valence-corrected chi connectivity index (χ4v) is 4.83. The predicted molar refractivity (Wildman–Crippen MR) is 122 cm³/mol. The summed E-state index contributed by atoms with van der Waals surface area (Å²) in [5, 5.41) is 14.9. The molecule has 0 bridgehead atoms. The molecule has 1 fully saturated rings. The van der Waals surface area contributed by atoms with Crippen LogP contribution in [0, 0.1) is 0 Å². The van der Waals surface area contributed by atoms with E-state index >= 15 is 0 Å². The molecule has 1 amide bonds. The van der Waals surface area contributed by atoms with Crippen LogP contribution in [0.3, 0.4) is 0 Å². The van der Waals surface area contributed by atoms with Gasteiger partial charge in [-0.05, 0) is 53.6 Å². The zero-order chi connectivity index (χ0) is 22.2. The Morgan fingerprint density at radius 2 is 1.97 bits per heavy atom. The number of fused-ring (bicyclic) bond motifs is 1. The van der Waals surface area contributed by atoms with Crippen molar-refractivity contribution < 1.29 is 14.6 Å². The molecule has 32 heavy (non-hydrogen) atoms. The fraction of sp³-hybridized carbons (Fsp3) is 0.385. The monoisotopic (exact) mass is 431 g/mol. The molecule has 2 aliphatic heterocycles. The van der Waals surface area contributed by atoms with Crippen LogP contribution in [0.4, 0.5) is 0 Å². The summed E-state index contributed by atoms with van der Waals surface area (Å²) in [6.07, 6.45) is 3.69. The number of rotatable bonds is 5. The van der Waals surface area contributed by atoms with Gasteiger partial charge in [0.25, 0.3) is 5.91 Å². The highest BCUT2D eigenvalue weighted by Crippen LogP contribution is 2.31. The highest BCUT2D eigenvalue weighted by Gasteiger charge is 2.38. The summed E-state index contributed by atoms with van der Waals surface area (Å²) in [4.78, 5) is 15.0. The van der Waals surface area contributed by atoms with Gasteiger partial charge in [0.2, 0.25) is 0 Å². The minimum absolute atomic E-state index is 0.00366. The Morgan fingerprint density at radius 3 is 2.66 bits per heavy atom. The summed E-state index contributed by atoms with van der Waals surface area (Å²) >= 11 is 0. The second kappa shape index (κ2) is 8.52. The minimum Gasteiger partial charge on any atom is -0.391 e. The molecule has 2 atom stereocenters. The van der Waals surface area contributed by atoms with Crippen molar-refractivity contribution in [2.24, 2.45) is 7.05 Å². The van der Waals surface area contributed by atoms with Crippen molar-refractivity contribution >= 4 is 5.91 Å². The van der Waals surface area contributed by atoms with E-state index in [0.29, 0.717) is 26.2 Å². The number of aromatic nitrogens is 2. The Balaban J connectivity index is 1.39. The molecule has 1 aromatic heterocycles. The summed E-state index contributed by atoms with van der Waals surface area (Å²) in [6.45, 7) is 3.65. The normalized spacial score (nSPS) is 20.6. The fourth-order valence-electron chi connectivity index (χ4n) is 4.83. The van der Waals surface area contributed by atoms with E-state index in [0.717, 1.165) is 35.2 Å². The van der Waals surface area contributed by atoms with Crippen molar-refractivity contribution in [1.82, 2.24) is 14.7 Å². The number of amides is 1. The third-order valence-electron chi connectivity index (χ3n) is 6.69. The Kier molecular flexibility index (Phi) is 5.57. The van der Waals surface area contributed by atoms with Gasteiger partial charge in [-0.15, -0.1) is 0 Å². The molecule has 3 aromatic rings. The van der Waals surface area contributed by atoms with E-state index in [9.17, 15) is 9.90 Å². The molecule has 5 rings (SSSR count). The smallest absolute Gasteiger partial charge is 0.254 e. The van der Waals surface area contributed by atoms with Gasteiger partial charge in [-0.25, -0.2) is 0 Å². The van der Waals surface area contributed by atoms with Gasteiger partial charge < -0.3 is 14.7 Å². The third-order valence-corrected chi connectivity index (χ3v) is 6.69. The SMILES string of the molecule is CCc1cc2c(cc1Cc1ccc(-c3ccn(C)n3)cc1)C(=O)N([C@@H]1COCC[C@H]1O)C2. The highest BCUT2D eigenvalue weighted by molar-refractivity contribution is 5.99. The lowest BCUT2D eigenvalue weighted by Crippen LogP contribution is -2.49. The van der Waals surface area contributed by atoms with Crippen LogP contribution in [0.1, 0.15) is 46.0 Å². The van der Waals surface area contributed by atoms with Gasteiger partial charge in [-0.3, -0.25) is 9.48 Å². The van der Waals surface area contributed by atoms with Crippen molar-refractivity contribution in [3.8, 4) is 11.3 Å². The number of benzene rings is 2. The van der Waals surface area contributed by atoms with Crippen LogP contribution >= 0.6 is 0 Å². The predicted octanol–water partition coefficient (Wildman–Crippen LogP) is 3.35. The van der Waals surface area contributed by atoms with Crippen molar-refractivity contribution in [2.45, 2.75) is 44.9 Å². The van der Waals surface area contributed by atoms with Gasteiger partial charge in [0.05, 0.1) is 24.4 Å². The Hall–Kier alpha value is -2.96. The maximum Gasteiger partial charge on any atom is 0.254 e. The molecule has 6 nitrogen and oxygen atoms in total. The molecule has 0 spiro atoms. The molecule has 1 saturated heterocycles. The van der Waals surface area contributed by atoms with Crippen molar-refractivity contribution in [3.05, 3.63) is 76.5 Å². The molecular formula is C26H29N3O3. The lowest BCUT2D eigenvalue weighted by Gasteiger charge is -2.34. The number of hydrogen-bond donors (Lipinski definition) is 1. The lowest BCUT2D eigenvalue weighted by atomic mass is 9.93. The largest absolute Gasteiger partial charge is 0.391 e. The molecule has 166 valence electrons. The first-order valence-electron chi connectivity index (χ1n) is 11.3. The van der Waals surface area contributed by atoms with Gasteiger partial charge in [-0.1, -0.05) is 37.3 Å². The minimum atomic E-state index is -0.523. The summed E-state index contributed by atoms with van der Waals surface area (Å²) in [5.41, 5.74) is 7.54. The van der Waals surface area contributed by atoms with Crippen LogP contribution in [-0.2, 0) is 31.2 Å². The lowest BCUT2D eigenvalue weighted by molar-refractivity contribution is -0.0528. The van der Waals surface area contributed by atoms with Crippen LogP contribution in [0.5, 0.6) is 0 Å². The van der Waals surface area contributed by atoms with Crippen LogP contribution in [0.25, 0.3) is 11.3 Å². The standard InChI is InChI=1S/C26H29N3O3/c1-3-18-13-21-15-29(24-16-32-11-9-25(24)30)26(31)22(21)14-20(18)12-17-4-6-19(7-5-17)23-8-10-28(2)27-23/h4-8,10,13-14,24-25,30H,3,9,11-12,15-16H2,1-2H3/t24-,25-/m1/s1. The number of ether oxygens (including phenoxy) is 1. The van der Waals surface area contributed by atoms with E-state index in [1.807, 2.05) is 19.3 Å². The van der Waals surface area contributed by atoms with E-state index in [4.69, 9.17) is 4.74 Å². The number of aryl methyl sites for hydroxylation is 2. The molecule has 6 heteroatoms. The Labute approximate surface area is 188 Å². The zero-order valence-corrected chi connectivity index (χ0v) is 18.6. The number of carbonyl (C=O) groups excluding carboxylic acids is 1. The second-order valence-corrected chi connectivity index (χ2v) is 8.81. The molecule has 0 aliphatic carbocycles. The molecule has 1 N–H and O–H groups in total. The van der Waals surface area contributed by atoms with Crippen LogP contribution < -0.4 is 0 Å². The topological polar surface area (TPSA) is 67.6 Å². The number of aliphatic hydroxyl groups is 1. The highest BCUT2D eigenvalue weighted by atomic mass is 16.5. The van der Waals surface area contributed by atoms with Gasteiger partial charge in [0, 0.05) is 37.5 Å². The number of nitrogens with zero attached hydrogens (tertiary/aromatic N) is 3. The summed E-state index contributed by atoms with van der Waals surface area (Å²) < 4.78 is 7.35.